The van der Waals surface area contributed by atoms with Crippen LogP contribution in [-0.4, -0.2) is 51.8 Å². The van der Waals surface area contributed by atoms with Gasteiger partial charge in [-0.2, -0.15) is 4.39 Å². The molecule has 0 spiro atoms. The number of aromatic nitrogens is 2. The number of aromatic amines is 1. The molecule has 0 unspecified atom stereocenters. The molecule has 8 nitrogen and oxygen atoms in total. The van der Waals surface area contributed by atoms with E-state index in [1.807, 2.05) is 4.98 Å². The van der Waals surface area contributed by atoms with Crippen molar-refractivity contribution in [2.24, 2.45) is 0 Å². The molecule has 1 fully saturated rings. The van der Waals surface area contributed by atoms with Gasteiger partial charge >= 0.3 is 11.7 Å². The Morgan fingerprint density at radius 2 is 2.32 bits per heavy atom. The van der Waals surface area contributed by atoms with Crippen LogP contribution in [-0.2, 0) is 15.5 Å². The van der Waals surface area contributed by atoms with E-state index in [9.17, 15) is 19.1 Å². The summed E-state index contributed by atoms with van der Waals surface area (Å²) in [6, 6.07) is 0.928. The number of aliphatic hydroxyl groups is 2. The Morgan fingerprint density at radius 3 is 2.84 bits per heavy atom. The minimum absolute atomic E-state index is 0.460. The van der Waals surface area contributed by atoms with Crippen LogP contribution >= 0.6 is 0 Å². The predicted octanol–water partition coefficient (Wildman–Crippen LogP) is -2.12. The molecule has 9 heteroatoms. The summed E-state index contributed by atoms with van der Waals surface area (Å²) >= 11 is 0. The van der Waals surface area contributed by atoms with E-state index in [-0.39, 0.29) is 0 Å². The molecule has 1 aliphatic heterocycles. The fourth-order valence-corrected chi connectivity index (χ4v) is 2.04. The zero-order valence-corrected chi connectivity index (χ0v) is 9.95. The van der Waals surface area contributed by atoms with E-state index in [2.05, 4.69) is 0 Å². The fourth-order valence-electron chi connectivity index (χ4n) is 2.04. The minimum atomic E-state index is -2.82. The second kappa shape index (κ2) is 4.85. The third-order valence-corrected chi connectivity index (χ3v) is 2.94. The number of aliphatic hydroxyl groups excluding tert-OH is 2. The molecule has 1 aromatic rings. The van der Waals surface area contributed by atoms with E-state index < -0.39 is 42.1 Å². The maximum atomic E-state index is 14.8. The van der Waals surface area contributed by atoms with E-state index in [1.54, 1.807) is 0 Å². The van der Waals surface area contributed by atoms with Crippen LogP contribution in [0.15, 0.2) is 21.9 Å². The first-order chi connectivity index (χ1) is 8.93. The van der Waals surface area contributed by atoms with Crippen LogP contribution in [0.2, 0.25) is 0 Å². The van der Waals surface area contributed by atoms with E-state index in [1.165, 1.54) is 0 Å². The number of H-pyrrole nitrogens is 1. The first kappa shape index (κ1) is 13.9. The average molecular weight is 276 g/mol. The molecule has 106 valence electrons. The van der Waals surface area contributed by atoms with Gasteiger partial charge in [0.25, 0.3) is 5.56 Å². The van der Waals surface area contributed by atoms with Crippen molar-refractivity contribution in [3.05, 3.63) is 33.1 Å². The zero-order chi connectivity index (χ0) is 14.2. The van der Waals surface area contributed by atoms with Crippen molar-refractivity contribution in [2.45, 2.75) is 24.3 Å². The number of hydrogen-bond donors (Lipinski definition) is 3. The highest BCUT2D eigenvalue weighted by atomic mass is 19.2. The van der Waals surface area contributed by atoms with Crippen LogP contribution in [0.25, 0.3) is 0 Å². The molecule has 1 aromatic heterocycles. The van der Waals surface area contributed by atoms with Crippen LogP contribution in [0.4, 0.5) is 4.39 Å². The first-order valence-corrected chi connectivity index (χ1v) is 5.45. The Bertz CT molecular complexity index is 572. The van der Waals surface area contributed by atoms with Crippen molar-refractivity contribution < 1.29 is 24.1 Å². The highest BCUT2D eigenvalue weighted by Crippen LogP contribution is 2.37. The summed E-state index contributed by atoms with van der Waals surface area (Å²) in [7, 11) is 1.13. The highest BCUT2D eigenvalue weighted by Gasteiger charge is 2.58. The predicted molar refractivity (Wildman–Crippen MR) is 59.2 cm³/mol. The summed E-state index contributed by atoms with van der Waals surface area (Å²) in [4.78, 5) is 24.4. The number of alkyl halides is 1. The molecule has 0 radical (unpaired) electrons. The van der Waals surface area contributed by atoms with Gasteiger partial charge in [0, 0.05) is 19.4 Å². The highest BCUT2D eigenvalue weighted by molar-refractivity contribution is 4.97. The van der Waals surface area contributed by atoms with Crippen LogP contribution in [0.5, 0.6) is 0 Å². The first-order valence-electron chi connectivity index (χ1n) is 5.45. The number of nitrogens with one attached hydrogen (secondary N) is 1. The molecule has 4 atom stereocenters. The van der Waals surface area contributed by atoms with Crippen molar-refractivity contribution in [1.29, 1.82) is 0 Å². The summed E-state index contributed by atoms with van der Waals surface area (Å²) in [5.74, 6) is -2.82. The summed E-state index contributed by atoms with van der Waals surface area (Å²) in [6.45, 7) is -0.648. The molecular formula is C10H13FN2O6. The maximum absolute atomic E-state index is 14.8. The molecule has 2 rings (SSSR count). The monoisotopic (exact) mass is 276 g/mol. The molecule has 0 aromatic carbocycles. The Hall–Kier alpha value is -1.55. The van der Waals surface area contributed by atoms with Crippen LogP contribution in [0.1, 0.15) is 0 Å². The van der Waals surface area contributed by atoms with Crippen LogP contribution < -0.4 is 11.2 Å². The lowest BCUT2D eigenvalue weighted by Crippen LogP contribution is -2.49. The van der Waals surface area contributed by atoms with Crippen LogP contribution in [0, 0.1) is 0 Å². The van der Waals surface area contributed by atoms with Crippen LogP contribution in [0.3, 0.4) is 0 Å². The molecular weight excluding hydrogens is 263 g/mol. The van der Waals surface area contributed by atoms with Gasteiger partial charge in [0.05, 0.1) is 6.61 Å². The smallest absolute Gasteiger partial charge is 0.332 e. The number of ether oxygens (including phenoxy) is 2. The molecule has 2 heterocycles. The fraction of sp³-hybridized carbons (Fsp3) is 0.600. The molecule has 19 heavy (non-hydrogen) atoms. The second-order valence-electron chi connectivity index (χ2n) is 4.07. The van der Waals surface area contributed by atoms with Crippen molar-refractivity contribution in [3.8, 4) is 0 Å². The topological polar surface area (TPSA) is 114 Å². The number of hydrogen-bond acceptors (Lipinski definition) is 6. The lowest BCUT2D eigenvalue weighted by atomic mass is 10.1. The van der Waals surface area contributed by atoms with Crippen molar-refractivity contribution in [1.82, 2.24) is 9.55 Å². The van der Waals surface area contributed by atoms with Gasteiger partial charge in [0.1, 0.15) is 12.2 Å². The summed E-state index contributed by atoms with van der Waals surface area (Å²) < 4.78 is 24.9. The van der Waals surface area contributed by atoms with Gasteiger partial charge in [-0.3, -0.25) is 9.78 Å². The van der Waals surface area contributed by atoms with Gasteiger partial charge in [0.2, 0.25) is 0 Å². The third kappa shape index (κ3) is 2.10. The Labute approximate surface area is 106 Å². The Balaban J connectivity index is 2.51. The Kier molecular flexibility index (Phi) is 3.54. The number of nitrogens with zero attached hydrogens (tertiary/aromatic N) is 1. The maximum Gasteiger partial charge on any atom is 0.332 e. The lowest BCUT2D eigenvalue weighted by molar-refractivity contribution is -0.244. The van der Waals surface area contributed by atoms with Gasteiger partial charge in [-0.1, -0.05) is 0 Å². The molecule has 0 saturated carbocycles. The van der Waals surface area contributed by atoms with E-state index in [0.29, 0.717) is 4.57 Å². The van der Waals surface area contributed by atoms with Crippen molar-refractivity contribution in [2.75, 3.05) is 13.7 Å². The standard InChI is InChI=1S/C10H13FN2O6/c1-18-8-7(16)5(4-14)19-10(8,11)13-3-2-6(15)12-9(13)17/h2-3,5,7-8,14,16H,4H2,1H3,(H,12,15,17)/t5-,7-,8-,10+/m1/s1. The molecule has 1 saturated heterocycles. The van der Waals surface area contributed by atoms with Gasteiger partial charge in [0.15, 0.2) is 6.10 Å². The zero-order valence-electron chi connectivity index (χ0n) is 9.95. The third-order valence-electron chi connectivity index (χ3n) is 2.94. The van der Waals surface area contributed by atoms with Crippen molar-refractivity contribution in [3.63, 3.8) is 0 Å². The van der Waals surface area contributed by atoms with Gasteiger partial charge in [-0.15, -0.1) is 0 Å². The average Bonchev–Trinajstić information content (AvgIpc) is 2.60. The molecule has 0 aliphatic carbocycles. The minimum Gasteiger partial charge on any atom is -0.394 e. The molecule has 3 N–H and O–H groups in total. The largest absolute Gasteiger partial charge is 0.394 e. The quantitative estimate of drug-likeness (QED) is 0.582. The van der Waals surface area contributed by atoms with Gasteiger partial charge in [-0.25, -0.2) is 9.36 Å². The number of rotatable bonds is 3. The van der Waals surface area contributed by atoms with Gasteiger partial charge < -0.3 is 19.7 Å². The SMILES string of the molecule is CO[C@@H]1[C@H](O)[C@@H](CO)O[C@@]1(F)n1ccc(=O)[nH]c1=O. The number of halogens is 1. The molecule has 0 amide bonds. The van der Waals surface area contributed by atoms with E-state index >= 15 is 0 Å². The normalized spacial score (nSPS) is 34.6. The molecule has 1 aliphatic rings. The summed E-state index contributed by atoms with van der Waals surface area (Å²) in [5, 5.41) is 18.7. The van der Waals surface area contributed by atoms with E-state index in [4.69, 9.17) is 14.6 Å². The second-order valence-corrected chi connectivity index (χ2v) is 4.07. The summed E-state index contributed by atoms with van der Waals surface area (Å²) in [6.07, 6.45) is -3.33. The van der Waals surface area contributed by atoms with Crippen molar-refractivity contribution >= 4 is 0 Å². The number of methoxy groups -OCH3 is 1. The van der Waals surface area contributed by atoms with Gasteiger partial charge in [-0.05, 0) is 0 Å². The summed E-state index contributed by atoms with van der Waals surface area (Å²) in [5.41, 5.74) is -1.75. The van der Waals surface area contributed by atoms with E-state index in [0.717, 1.165) is 19.4 Å². The molecule has 0 bridgehead atoms. The lowest BCUT2D eigenvalue weighted by Gasteiger charge is -2.26. The Morgan fingerprint density at radius 1 is 1.63 bits per heavy atom.